The number of pyridine rings is 1. The summed E-state index contributed by atoms with van der Waals surface area (Å²) >= 11 is 0. The molecule has 8 aromatic carbocycles. The molecule has 63 heavy (non-hydrogen) atoms. The maximum atomic E-state index is 5.89. The third kappa shape index (κ3) is 4.52. The summed E-state index contributed by atoms with van der Waals surface area (Å²) in [6.07, 6.45) is 0. The highest BCUT2D eigenvalue weighted by Gasteiger charge is 2.28. The van der Waals surface area contributed by atoms with Crippen molar-refractivity contribution < 1.29 is 0 Å². The van der Waals surface area contributed by atoms with Gasteiger partial charge in [-0.2, -0.15) is 0 Å². The number of rotatable bonds is 2. The van der Waals surface area contributed by atoms with Crippen LogP contribution in [0.2, 0.25) is 0 Å². The molecular formula is C59H44N4. The van der Waals surface area contributed by atoms with Crippen LogP contribution in [0.5, 0.6) is 0 Å². The van der Waals surface area contributed by atoms with Crippen molar-refractivity contribution in [3.05, 3.63) is 169 Å². The minimum absolute atomic E-state index is 0.0389. The maximum absolute atomic E-state index is 5.89. The second kappa shape index (κ2) is 11.7. The molecule has 0 bridgehead atoms. The summed E-state index contributed by atoms with van der Waals surface area (Å²) < 4.78 is 7.42. The van der Waals surface area contributed by atoms with Crippen LogP contribution < -0.4 is 0 Å². The van der Waals surface area contributed by atoms with Crippen LogP contribution in [-0.4, -0.2) is 18.4 Å². The van der Waals surface area contributed by atoms with E-state index in [1.807, 2.05) is 0 Å². The van der Waals surface area contributed by atoms with Crippen molar-refractivity contribution in [2.24, 2.45) is 0 Å². The van der Waals surface area contributed by atoms with E-state index >= 15 is 0 Å². The number of hydrogen-bond donors (Lipinski definition) is 0. The number of para-hydroxylation sites is 3. The lowest BCUT2D eigenvalue weighted by Gasteiger charge is -2.20. The highest BCUT2D eigenvalue weighted by Crippen LogP contribution is 2.48. The van der Waals surface area contributed by atoms with Crippen molar-refractivity contribution in [3.8, 4) is 16.8 Å². The maximum Gasteiger partial charge on any atom is 0.146 e. The first-order valence-electron chi connectivity index (χ1n) is 22.3. The fraction of sp³-hybridized carbons (Fsp3) is 0.136. The molecule has 0 aliphatic rings. The second-order valence-electron chi connectivity index (χ2n) is 20.0. The summed E-state index contributed by atoms with van der Waals surface area (Å²) in [5.41, 5.74) is 16.8. The molecule has 0 fully saturated rings. The predicted octanol–water partition coefficient (Wildman–Crippen LogP) is 15.9. The highest BCUT2D eigenvalue weighted by molar-refractivity contribution is 6.33. The number of fused-ring (bicyclic) bond motifs is 17. The van der Waals surface area contributed by atoms with E-state index in [1.165, 1.54) is 120 Å². The Morgan fingerprint density at radius 3 is 1.89 bits per heavy atom. The Balaban J connectivity index is 1.14. The first kappa shape index (κ1) is 35.2. The van der Waals surface area contributed by atoms with Gasteiger partial charge in [0, 0.05) is 59.7 Å². The molecule has 0 aliphatic carbocycles. The van der Waals surface area contributed by atoms with Crippen LogP contribution in [0, 0.1) is 0 Å². The summed E-state index contributed by atoms with van der Waals surface area (Å²) in [7, 11) is 0. The third-order valence-corrected chi connectivity index (χ3v) is 14.3. The van der Waals surface area contributed by atoms with Crippen LogP contribution in [0.25, 0.3) is 126 Å². The Hall–Kier alpha value is -7.43. The van der Waals surface area contributed by atoms with Crippen LogP contribution in [0.15, 0.2) is 158 Å². The number of nitrogens with zero attached hydrogens (tertiary/aromatic N) is 4. The van der Waals surface area contributed by atoms with E-state index in [0.717, 1.165) is 16.7 Å². The van der Waals surface area contributed by atoms with Gasteiger partial charge < -0.3 is 8.97 Å². The van der Waals surface area contributed by atoms with E-state index in [4.69, 9.17) is 4.98 Å². The van der Waals surface area contributed by atoms with Crippen LogP contribution >= 0.6 is 0 Å². The molecule has 6 aromatic heterocycles. The lowest BCUT2D eigenvalue weighted by atomic mass is 9.84. The SMILES string of the molecule is CC(C)(C)c1ccc2c(c1)c1cc(C(C)(C)C)cc3c4nc5c(cc4n2c13)c1cc2ccccc2c2c3cccc(-c4ccc6c(c4)c4ccccc4n6-c4ccccc4)c3n5c12. The van der Waals surface area contributed by atoms with Gasteiger partial charge in [0.05, 0.1) is 44.1 Å². The zero-order chi connectivity index (χ0) is 42.3. The summed E-state index contributed by atoms with van der Waals surface area (Å²) in [6, 6.07) is 59.3. The van der Waals surface area contributed by atoms with Gasteiger partial charge in [0.2, 0.25) is 0 Å². The predicted molar refractivity (Wildman–Crippen MR) is 268 cm³/mol. The molecule has 0 radical (unpaired) electrons. The Morgan fingerprint density at radius 2 is 1.06 bits per heavy atom. The van der Waals surface area contributed by atoms with Crippen molar-refractivity contribution >= 4 is 109 Å². The molecule has 4 heteroatoms. The molecule has 0 unspecified atom stereocenters. The van der Waals surface area contributed by atoms with Gasteiger partial charge >= 0.3 is 0 Å². The zero-order valence-electron chi connectivity index (χ0n) is 36.3. The van der Waals surface area contributed by atoms with Crippen LogP contribution in [-0.2, 0) is 10.8 Å². The van der Waals surface area contributed by atoms with Crippen molar-refractivity contribution in [2.45, 2.75) is 52.4 Å². The Kier molecular flexibility index (Phi) is 6.55. The van der Waals surface area contributed by atoms with Crippen LogP contribution in [0.4, 0.5) is 0 Å². The van der Waals surface area contributed by atoms with E-state index in [9.17, 15) is 0 Å². The minimum atomic E-state index is -0.0389. The molecule has 0 aliphatic heterocycles. The van der Waals surface area contributed by atoms with Crippen LogP contribution in [0.1, 0.15) is 52.7 Å². The van der Waals surface area contributed by atoms with E-state index in [1.54, 1.807) is 0 Å². The van der Waals surface area contributed by atoms with Gasteiger partial charge in [-0.1, -0.05) is 133 Å². The standard InChI is InChI=1S/C59H44N4/c1-58(2,3)35-24-26-50-43(29-35)45-30-36(59(4,5)6)31-47-53-51(62(50)55(45)47)32-46-44-28-33-15-10-11-18-38(33)52-41-21-14-20-39(54(41)63(56(44)52)57(46)60-53)34-23-25-49-42(27-34)40-19-12-13-22-48(40)61(49)37-16-8-7-9-17-37/h7-32H,1-6H3. The second-order valence-corrected chi connectivity index (χ2v) is 20.0. The average molecular weight is 809 g/mol. The van der Waals surface area contributed by atoms with Crippen LogP contribution in [0.3, 0.4) is 0 Å². The van der Waals surface area contributed by atoms with Gasteiger partial charge in [-0.15, -0.1) is 0 Å². The van der Waals surface area contributed by atoms with Gasteiger partial charge in [-0.3, -0.25) is 4.40 Å². The van der Waals surface area contributed by atoms with Crippen molar-refractivity contribution in [3.63, 3.8) is 0 Å². The average Bonchev–Trinajstić information content (AvgIpc) is 4.07. The fourth-order valence-electron chi connectivity index (χ4n) is 11.3. The van der Waals surface area contributed by atoms with Crippen molar-refractivity contribution in [1.29, 1.82) is 0 Å². The number of benzene rings is 8. The summed E-state index contributed by atoms with van der Waals surface area (Å²) in [6.45, 7) is 13.9. The van der Waals surface area contributed by atoms with Crippen molar-refractivity contribution in [1.82, 2.24) is 18.4 Å². The Labute approximate surface area is 363 Å². The smallest absolute Gasteiger partial charge is 0.146 e. The highest BCUT2D eigenvalue weighted by atomic mass is 15.0. The summed E-state index contributed by atoms with van der Waals surface area (Å²) in [4.78, 5) is 5.89. The Bertz CT molecular complexity index is 4260. The van der Waals surface area contributed by atoms with Gasteiger partial charge in [-0.25, -0.2) is 4.98 Å². The van der Waals surface area contributed by atoms with E-state index in [-0.39, 0.29) is 10.8 Å². The molecule has 14 rings (SSSR count). The minimum Gasteiger partial charge on any atom is -0.309 e. The van der Waals surface area contributed by atoms with E-state index in [0.29, 0.717) is 0 Å². The molecule has 0 spiro atoms. The van der Waals surface area contributed by atoms with Gasteiger partial charge in [-0.05, 0) is 105 Å². The quantitative estimate of drug-likeness (QED) is 0.171. The summed E-state index contributed by atoms with van der Waals surface area (Å²) in [5.74, 6) is 0. The lowest BCUT2D eigenvalue weighted by molar-refractivity contribution is 0.590. The molecule has 0 atom stereocenters. The topological polar surface area (TPSA) is 26.6 Å². The largest absolute Gasteiger partial charge is 0.309 e. The Morgan fingerprint density at radius 1 is 0.397 bits per heavy atom. The molecule has 0 amide bonds. The molecule has 0 saturated carbocycles. The number of aromatic nitrogens is 4. The lowest BCUT2D eigenvalue weighted by Crippen LogP contribution is -2.11. The van der Waals surface area contributed by atoms with Gasteiger partial charge in [0.1, 0.15) is 5.65 Å². The van der Waals surface area contributed by atoms with Crippen molar-refractivity contribution in [2.75, 3.05) is 0 Å². The summed E-state index contributed by atoms with van der Waals surface area (Å²) in [5, 5.41) is 13.8. The van der Waals surface area contributed by atoms with Gasteiger partial charge in [0.25, 0.3) is 0 Å². The molecule has 0 N–H and O–H groups in total. The number of hydrogen-bond acceptors (Lipinski definition) is 1. The van der Waals surface area contributed by atoms with Gasteiger partial charge in [0.15, 0.2) is 0 Å². The first-order valence-corrected chi connectivity index (χ1v) is 22.3. The zero-order valence-corrected chi connectivity index (χ0v) is 36.3. The molecule has 4 nitrogen and oxygen atoms in total. The monoisotopic (exact) mass is 808 g/mol. The fourth-order valence-corrected chi connectivity index (χ4v) is 11.3. The molecule has 300 valence electrons. The third-order valence-electron chi connectivity index (χ3n) is 14.3. The first-order chi connectivity index (χ1) is 30.5. The molecule has 6 heterocycles. The normalized spacial score (nSPS) is 13.2. The van der Waals surface area contributed by atoms with E-state index in [2.05, 4.69) is 213 Å². The molecule has 0 saturated heterocycles. The molecule has 14 aromatic rings. The molecular weight excluding hydrogens is 765 g/mol. The van der Waals surface area contributed by atoms with E-state index < -0.39 is 0 Å².